The molecule has 0 aromatic rings. The monoisotopic (exact) mass is 406 g/mol. The molecule has 0 amide bonds. The Morgan fingerprint density at radius 2 is 0.966 bits per heavy atom. The summed E-state index contributed by atoms with van der Waals surface area (Å²) in [4.78, 5) is 51.2. The molecule has 158 valence electrons. The highest BCUT2D eigenvalue weighted by Gasteiger charge is 2.74. The van der Waals surface area contributed by atoms with Crippen molar-refractivity contribution in [2.24, 2.45) is 34.5 Å². The van der Waals surface area contributed by atoms with Gasteiger partial charge in [0.1, 0.15) is 0 Å². The summed E-state index contributed by atoms with van der Waals surface area (Å²) in [5.41, 5.74) is -1.75. The van der Waals surface area contributed by atoms with Crippen molar-refractivity contribution in [2.45, 2.75) is 19.3 Å². The number of ether oxygens (including phenoxy) is 4. The molecule has 0 aliphatic heterocycles. The van der Waals surface area contributed by atoms with Crippen LogP contribution >= 0.6 is 0 Å². The van der Waals surface area contributed by atoms with Crippen LogP contribution in [0, 0.1) is 34.5 Å². The average molecular weight is 406 g/mol. The summed E-state index contributed by atoms with van der Waals surface area (Å²) in [6.07, 6.45) is 0.436. The summed E-state index contributed by atoms with van der Waals surface area (Å²) in [5.74, 6) is -4.48. The second-order valence-electron chi connectivity index (χ2n) is 8.08. The number of esters is 4. The normalized spacial score (nSPS) is 30.9. The van der Waals surface area contributed by atoms with Crippen LogP contribution < -0.4 is 0 Å². The first-order valence-corrected chi connectivity index (χ1v) is 9.36. The molecule has 3 rings (SSSR count). The Labute approximate surface area is 169 Å². The molecule has 0 heterocycles. The summed E-state index contributed by atoms with van der Waals surface area (Å²) in [6.45, 7) is 8.22. The lowest BCUT2D eigenvalue weighted by Crippen LogP contribution is -2.47. The molecule has 0 unspecified atom stereocenters. The van der Waals surface area contributed by atoms with Crippen LogP contribution in [0.3, 0.4) is 0 Å². The van der Waals surface area contributed by atoms with Crippen molar-refractivity contribution in [3.05, 3.63) is 24.3 Å². The van der Waals surface area contributed by atoms with Gasteiger partial charge in [-0.1, -0.05) is 24.3 Å². The predicted molar refractivity (Wildman–Crippen MR) is 99.0 cm³/mol. The smallest absolute Gasteiger partial charge is 0.323 e. The second kappa shape index (κ2) is 7.00. The minimum Gasteiger partial charge on any atom is -0.468 e. The molecular formula is C21H26O8. The summed E-state index contributed by atoms with van der Waals surface area (Å²) < 4.78 is 19.9. The summed E-state index contributed by atoms with van der Waals surface area (Å²) in [7, 11) is 4.85. The second-order valence-corrected chi connectivity index (χ2v) is 8.08. The van der Waals surface area contributed by atoms with Gasteiger partial charge in [-0.05, 0) is 42.9 Å². The number of fused-ring (bicyclic) bond motifs is 3. The van der Waals surface area contributed by atoms with Gasteiger partial charge in [0.2, 0.25) is 0 Å². The standard InChI is InChI=1S/C21H26O8/c1-10-8-20(16(22)26-3,17(23)27-4)12-7-13-15(14(10)12)11(2)9-21(13,18(24)28-5)19(25)29-6/h12-15H,1-2,7-9H2,3-6H3/t12-,13+,14-,15+. The zero-order chi connectivity index (χ0) is 21.7. The van der Waals surface area contributed by atoms with Crippen molar-refractivity contribution in [3.63, 3.8) is 0 Å². The first-order chi connectivity index (χ1) is 13.7. The van der Waals surface area contributed by atoms with Crippen molar-refractivity contribution in [2.75, 3.05) is 28.4 Å². The lowest BCUT2D eigenvalue weighted by atomic mass is 9.71. The van der Waals surface area contributed by atoms with Crippen molar-refractivity contribution in [1.29, 1.82) is 0 Å². The Bertz CT molecular complexity index is 711. The lowest BCUT2D eigenvalue weighted by molar-refractivity contribution is -0.173. The van der Waals surface area contributed by atoms with Gasteiger partial charge in [-0.3, -0.25) is 19.2 Å². The van der Waals surface area contributed by atoms with Gasteiger partial charge < -0.3 is 18.9 Å². The quantitative estimate of drug-likeness (QED) is 0.299. The number of carbonyl (C=O) groups excluding carboxylic acids is 4. The number of carbonyl (C=O) groups is 4. The zero-order valence-electron chi connectivity index (χ0n) is 17.1. The molecule has 8 nitrogen and oxygen atoms in total. The molecule has 0 radical (unpaired) electrons. The van der Waals surface area contributed by atoms with Gasteiger partial charge in [-0.15, -0.1) is 0 Å². The maximum Gasteiger partial charge on any atom is 0.323 e. The maximum atomic E-state index is 12.8. The molecule has 29 heavy (non-hydrogen) atoms. The van der Waals surface area contributed by atoms with Crippen LogP contribution in [0.4, 0.5) is 0 Å². The Morgan fingerprint density at radius 1 is 0.690 bits per heavy atom. The topological polar surface area (TPSA) is 105 Å². The lowest BCUT2D eigenvalue weighted by Gasteiger charge is -2.32. The van der Waals surface area contributed by atoms with E-state index >= 15 is 0 Å². The van der Waals surface area contributed by atoms with Crippen LogP contribution in [-0.2, 0) is 38.1 Å². The Balaban J connectivity index is 2.16. The highest BCUT2D eigenvalue weighted by Crippen LogP contribution is 2.70. The van der Waals surface area contributed by atoms with E-state index in [1.807, 2.05) is 0 Å². The van der Waals surface area contributed by atoms with E-state index < -0.39 is 46.5 Å². The van der Waals surface area contributed by atoms with E-state index in [0.717, 1.165) is 0 Å². The third kappa shape index (κ3) is 2.44. The average Bonchev–Trinajstić information content (AvgIpc) is 3.34. The molecule has 0 N–H and O–H groups in total. The van der Waals surface area contributed by atoms with Gasteiger partial charge in [-0.25, -0.2) is 0 Å². The van der Waals surface area contributed by atoms with Crippen LogP contribution in [0.1, 0.15) is 19.3 Å². The molecule has 0 aromatic carbocycles. The van der Waals surface area contributed by atoms with Gasteiger partial charge in [0.25, 0.3) is 0 Å². The SMILES string of the molecule is C=C1CC(C(=O)OC)(C(=O)OC)[C@H]2C[C@@H]3[C@@H](C(=C)CC3(C(=O)OC)C(=O)OC)[C@@H]12. The van der Waals surface area contributed by atoms with Crippen molar-refractivity contribution < 1.29 is 38.1 Å². The predicted octanol–water partition coefficient (Wildman–Crippen LogP) is 1.44. The summed E-state index contributed by atoms with van der Waals surface area (Å²) in [5, 5.41) is 0. The number of rotatable bonds is 4. The molecule has 3 fully saturated rings. The molecule has 0 spiro atoms. The van der Waals surface area contributed by atoms with E-state index in [4.69, 9.17) is 18.9 Å². The van der Waals surface area contributed by atoms with Crippen LogP contribution in [0.2, 0.25) is 0 Å². The van der Waals surface area contributed by atoms with Gasteiger partial charge >= 0.3 is 23.9 Å². The van der Waals surface area contributed by atoms with Crippen LogP contribution in [0.15, 0.2) is 24.3 Å². The minimum absolute atomic E-state index is 0.0988. The van der Waals surface area contributed by atoms with E-state index in [9.17, 15) is 19.2 Å². The maximum absolute atomic E-state index is 12.8. The Kier molecular flexibility index (Phi) is 5.09. The molecule has 0 saturated heterocycles. The van der Waals surface area contributed by atoms with E-state index in [-0.39, 0.29) is 31.1 Å². The largest absolute Gasteiger partial charge is 0.468 e. The molecule has 3 aliphatic rings. The van der Waals surface area contributed by atoms with Gasteiger partial charge in [0, 0.05) is 0 Å². The Morgan fingerprint density at radius 3 is 1.21 bits per heavy atom. The molecule has 0 bridgehead atoms. The first kappa shape index (κ1) is 21.1. The first-order valence-electron chi connectivity index (χ1n) is 9.36. The zero-order valence-corrected chi connectivity index (χ0v) is 17.1. The molecule has 3 aliphatic carbocycles. The summed E-state index contributed by atoms with van der Waals surface area (Å²) >= 11 is 0. The van der Waals surface area contributed by atoms with E-state index in [0.29, 0.717) is 11.1 Å². The fourth-order valence-corrected chi connectivity index (χ4v) is 6.16. The third-order valence-electron chi connectivity index (χ3n) is 7.18. The number of methoxy groups -OCH3 is 4. The number of hydrogen-bond acceptors (Lipinski definition) is 8. The van der Waals surface area contributed by atoms with Crippen molar-refractivity contribution in [1.82, 2.24) is 0 Å². The van der Waals surface area contributed by atoms with Crippen molar-refractivity contribution in [3.8, 4) is 0 Å². The fourth-order valence-electron chi connectivity index (χ4n) is 6.16. The Hall–Kier alpha value is -2.64. The van der Waals surface area contributed by atoms with E-state index in [1.54, 1.807) is 0 Å². The van der Waals surface area contributed by atoms with E-state index in [1.165, 1.54) is 28.4 Å². The minimum atomic E-state index is -1.56. The van der Waals surface area contributed by atoms with E-state index in [2.05, 4.69) is 13.2 Å². The highest BCUT2D eigenvalue weighted by molar-refractivity contribution is 6.03. The van der Waals surface area contributed by atoms with Crippen molar-refractivity contribution >= 4 is 23.9 Å². The van der Waals surface area contributed by atoms with Gasteiger partial charge in [-0.2, -0.15) is 0 Å². The highest BCUT2D eigenvalue weighted by atomic mass is 16.6. The molecule has 3 saturated carbocycles. The van der Waals surface area contributed by atoms with Gasteiger partial charge in [0.05, 0.1) is 28.4 Å². The van der Waals surface area contributed by atoms with Crippen LogP contribution in [0.5, 0.6) is 0 Å². The molecule has 8 heteroatoms. The summed E-state index contributed by atoms with van der Waals surface area (Å²) in [6, 6.07) is 0. The molecular weight excluding hydrogens is 380 g/mol. The fraction of sp³-hybridized carbons (Fsp3) is 0.619. The number of hydrogen-bond donors (Lipinski definition) is 0. The van der Waals surface area contributed by atoms with Crippen LogP contribution in [-0.4, -0.2) is 52.3 Å². The third-order valence-corrected chi connectivity index (χ3v) is 7.18. The molecule has 0 aromatic heterocycles. The molecule has 4 atom stereocenters. The van der Waals surface area contributed by atoms with Gasteiger partial charge in [0.15, 0.2) is 10.8 Å². The number of allylic oxidation sites excluding steroid dienone is 2. The van der Waals surface area contributed by atoms with Crippen LogP contribution in [0.25, 0.3) is 0 Å².